The summed E-state index contributed by atoms with van der Waals surface area (Å²) in [6.45, 7) is 3.91. The summed E-state index contributed by atoms with van der Waals surface area (Å²) in [5.41, 5.74) is 2.07. The maximum Gasteiger partial charge on any atom is 0.338 e. The van der Waals surface area contributed by atoms with Crippen LogP contribution in [0.4, 0.5) is 11.4 Å². The van der Waals surface area contributed by atoms with Crippen molar-refractivity contribution in [1.82, 2.24) is 5.32 Å². The van der Waals surface area contributed by atoms with Crippen molar-refractivity contribution in [2.75, 3.05) is 17.2 Å². The van der Waals surface area contributed by atoms with Crippen LogP contribution in [0.2, 0.25) is 10.0 Å². The normalized spacial score (nSPS) is 11.7. The van der Waals surface area contributed by atoms with Gasteiger partial charge in [-0.1, -0.05) is 60.5 Å². The molecule has 4 aromatic rings. The van der Waals surface area contributed by atoms with Gasteiger partial charge in [-0.25, -0.2) is 4.79 Å². The summed E-state index contributed by atoms with van der Waals surface area (Å²) in [6.07, 6.45) is 1.96. The van der Waals surface area contributed by atoms with E-state index in [1.807, 2.05) is 13.0 Å². The molecule has 0 bridgehead atoms. The molecular formula is C35H31Cl2N3O5S. The number of amides is 3. The molecule has 46 heavy (non-hydrogen) atoms. The third-order valence-corrected chi connectivity index (χ3v) is 8.53. The summed E-state index contributed by atoms with van der Waals surface area (Å²) in [4.78, 5) is 52.3. The number of anilines is 2. The van der Waals surface area contributed by atoms with Gasteiger partial charge in [-0.3, -0.25) is 14.4 Å². The number of carbonyl (C=O) groups is 4. The minimum Gasteiger partial charge on any atom is -0.462 e. The Labute approximate surface area is 281 Å². The molecule has 0 aliphatic rings. The van der Waals surface area contributed by atoms with Gasteiger partial charge in [0.1, 0.15) is 5.70 Å². The number of benzene rings is 4. The average molecular weight is 677 g/mol. The number of carbonyl (C=O) groups excluding carboxylic acids is 4. The molecule has 0 aliphatic carbocycles. The standard InChI is InChI=1S/C35H31Cl2N3O5S/c1-3-31(34(43)38-24-18-16-23(17-19-24)35(44)45-4-2)46-26-13-8-12-25(20-26)39-33(42)30(21-27-28(36)14-9-15-29(27)37)40-32(41)22-10-6-5-7-11-22/h5-21,31H,3-4H2,1-2H3,(H,38,43)(H,39,42)(H,40,41)/b30-21+. The zero-order chi connectivity index (χ0) is 33.1. The van der Waals surface area contributed by atoms with E-state index in [9.17, 15) is 19.2 Å². The number of esters is 1. The molecule has 0 aliphatic heterocycles. The quantitative estimate of drug-likeness (QED) is 0.0795. The number of halogens is 2. The van der Waals surface area contributed by atoms with Gasteiger partial charge in [-0.15, -0.1) is 11.8 Å². The van der Waals surface area contributed by atoms with E-state index in [0.717, 1.165) is 4.90 Å². The molecule has 0 saturated heterocycles. The number of thioether (sulfide) groups is 1. The van der Waals surface area contributed by atoms with Crippen LogP contribution in [-0.2, 0) is 14.3 Å². The smallest absolute Gasteiger partial charge is 0.338 e. The molecule has 1 atom stereocenters. The van der Waals surface area contributed by atoms with E-state index in [-0.39, 0.29) is 18.2 Å². The topological polar surface area (TPSA) is 114 Å². The molecule has 0 saturated carbocycles. The van der Waals surface area contributed by atoms with E-state index in [1.54, 1.807) is 97.9 Å². The summed E-state index contributed by atoms with van der Waals surface area (Å²) in [5, 5.41) is 8.56. The fourth-order valence-electron chi connectivity index (χ4n) is 4.19. The molecule has 4 rings (SSSR count). The van der Waals surface area contributed by atoms with Gasteiger partial charge >= 0.3 is 5.97 Å². The lowest BCUT2D eigenvalue weighted by Crippen LogP contribution is -2.30. The highest BCUT2D eigenvalue weighted by Crippen LogP contribution is 2.30. The molecule has 0 spiro atoms. The van der Waals surface area contributed by atoms with Gasteiger partial charge in [-0.2, -0.15) is 0 Å². The fourth-order valence-corrected chi connectivity index (χ4v) is 5.71. The van der Waals surface area contributed by atoms with Crippen molar-refractivity contribution in [3.63, 3.8) is 0 Å². The van der Waals surface area contributed by atoms with Gasteiger partial charge in [0, 0.05) is 37.4 Å². The Morgan fingerprint density at radius 1 is 0.783 bits per heavy atom. The highest BCUT2D eigenvalue weighted by Gasteiger charge is 2.20. The molecule has 8 nitrogen and oxygen atoms in total. The van der Waals surface area contributed by atoms with Crippen LogP contribution >= 0.6 is 35.0 Å². The average Bonchev–Trinajstić information content (AvgIpc) is 3.05. The Morgan fingerprint density at radius 3 is 2.11 bits per heavy atom. The fraction of sp³-hybridized carbons (Fsp3) is 0.143. The van der Waals surface area contributed by atoms with E-state index in [1.165, 1.54) is 17.8 Å². The van der Waals surface area contributed by atoms with Gasteiger partial charge < -0.3 is 20.7 Å². The second kappa shape index (κ2) is 16.7. The van der Waals surface area contributed by atoms with Crippen molar-refractivity contribution < 1.29 is 23.9 Å². The molecule has 4 aromatic carbocycles. The number of hydrogen-bond acceptors (Lipinski definition) is 6. The maximum atomic E-state index is 13.5. The molecule has 11 heteroatoms. The minimum atomic E-state index is -0.599. The summed E-state index contributed by atoms with van der Waals surface area (Å²) in [7, 11) is 0. The van der Waals surface area contributed by atoms with E-state index in [0.29, 0.717) is 44.5 Å². The third kappa shape index (κ3) is 9.47. The molecular weight excluding hydrogens is 645 g/mol. The summed E-state index contributed by atoms with van der Waals surface area (Å²) in [5.74, 6) is -1.72. The Balaban J connectivity index is 1.49. The lowest BCUT2D eigenvalue weighted by Gasteiger charge is -2.16. The third-order valence-electron chi connectivity index (χ3n) is 6.51. The Morgan fingerprint density at radius 2 is 1.46 bits per heavy atom. The molecule has 0 heterocycles. The zero-order valence-corrected chi connectivity index (χ0v) is 27.3. The van der Waals surface area contributed by atoms with Gasteiger partial charge in [0.25, 0.3) is 11.8 Å². The first-order valence-electron chi connectivity index (χ1n) is 14.4. The minimum absolute atomic E-state index is 0.0679. The van der Waals surface area contributed by atoms with Crippen molar-refractivity contribution in [2.45, 2.75) is 30.4 Å². The highest BCUT2D eigenvalue weighted by molar-refractivity contribution is 8.00. The largest absolute Gasteiger partial charge is 0.462 e. The van der Waals surface area contributed by atoms with E-state index in [4.69, 9.17) is 27.9 Å². The first kappa shape index (κ1) is 34.3. The number of rotatable bonds is 12. The zero-order valence-electron chi connectivity index (χ0n) is 25.0. The van der Waals surface area contributed by atoms with Crippen molar-refractivity contribution in [3.8, 4) is 0 Å². The van der Waals surface area contributed by atoms with Crippen LogP contribution in [0.3, 0.4) is 0 Å². The molecule has 0 fully saturated rings. The van der Waals surface area contributed by atoms with Crippen molar-refractivity contribution in [2.24, 2.45) is 0 Å². The first-order chi connectivity index (χ1) is 22.2. The lowest BCUT2D eigenvalue weighted by molar-refractivity contribution is -0.116. The number of nitrogens with one attached hydrogen (secondary N) is 3. The predicted octanol–water partition coefficient (Wildman–Crippen LogP) is 8.09. The monoisotopic (exact) mass is 675 g/mol. The number of ether oxygens (including phenoxy) is 1. The molecule has 1 unspecified atom stereocenters. The summed E-state index contributed by atoms with van der Waals surface area (Å²) in [6, 6.07) is 27.0. The Bertz CT molecular complexity index is 1730. The van der Waals surface area contributed by atoms with E-state index < -0.39 is 23.0 Å². The Kier molecular flexibility index (Phi) is 12.4. The van der Waals surface area contributed by atoms with E-state index >= 15 is 0 Å². The van der Waals surface area contributed by atoms with Crippen LogP contribution in [0.15, 0.2) is 108 Å². The van der Waals surface area contributed by atoms with Crippen LogP contribution in [-0.4, -0.2) is 35.5 Å². The van der Waals surface area contributed by atoms with Crippen molar-refractivity contribution in [1.29, 1.82) is 0 Å². The summed E-state index contributed by atoms with van der Waals surface area (Å²) < 4.78 is 5.00. The summed E-state index contributed by atoms with van der Waals surface area (Å²) >= 11 is 14.0. The van der Waals surface area contributed by atoms with Crippen LogP contribution in [0.1, 0.15) is 46.5 Å². The van der Waals surface area contributed by atoms with Crippen LogP contribution in [0.5, 0.6) is 0 Å². The molecule has 0 radical (unpaired) electrons. The van der Waals surface area contributed by atoms with Crippen molar-refractivity contribution in [3.05, 3.63) is 129 Å². The molecule has 3 amide bonds. The van der Waals surface area contributed by atoms with Crippen LogP contribution in [0.25, 0.3) is 6.08 Å². The lowest BCUT2D eigenvalue weighted by atomic mass is 10.1. The van der Waals surface area contributed by atoms with Crippen molar-refractivity contribution >= 4 is 76.1 Å². The molecule has 236 valence electrons. The van der Waals surface area contributed by atoms with Gasteiger partial charge in [0.05, 0.1) is 17.4 Å². The second-order valence-electron chi connectivity index (χ2n) is 9.80. The Hall–Kier alpha value is -4.57. The molecule has 0 aromatic heterocycles. The SMILES string of the molecule is CCOC(=O)c1ccc(NC(=O)C(CC)Sc2cccc(NC(=O)/C(=C\c3c(Cl)cccc3Cl)NC(=O)c3ccccc3)c2)cc1. The van der Waals surface area contributed by atoms with Crippen LogP contribution < -0.4 is 16.0 Å². The van der Waals surface area contributed by atoms with E-state index in [2.05, 4.69) is 16.0 Å². The first-order valence-corrected chi connectivity index (χ1v) is 16.0. The highest BCUT2D eigenvalue weighted by atomic mass is 35.5. The molecule has 3 N–H and O–H groups in total. The maximum absolute atomic E-state index is 13.5. The predicted molar refractivity (Wildman–Crippen MR) is 184 cm³/mol. The van der Waals surface area contributed by atoms with Crippen LogP contribution in [0, 0.1) is 0 Å². The van der Waals surface area contributed by atoms with Gasteiger partial charge in [-0.05, 0) is 86.2 Å². The van der Waals surface area contributed by atoms with Gasteiger partial charge in [0.15, 0.2) is 0 Å². The second-order valence-corrected chi connectivity index (χ2v) is 11.9. The number of hydrogen-bond donors (Lipinski definition) is 3. The van der Waals surface area contributed by atoms with Gasteiger partial charge in [0.2, 0.25) is 5.91 Å².